The SMILES string of the molecule is CCCCCCCCc1csc(N2CCc3cc(S(=O)(=O)Nc4ccc(CCNCC(O)c5cc(C)no5)cc4)ccc32)n1. The van der Waals surface area contributed by atoms with Crippen LogP contribution in [0.2, 0.25) is 0 Å². The van der Waals surface area contributed by atoms with Crippen molar-refractivity contribution in [2.75, 3.05) is 29.3 Å². The second kappa shape index (κ2) is 15.2. The Morgan fingerprint density at radius 2 is 1.84 bits per heavy atom. The maximum Gasteiger partial charge on any atom is 0.261 e. The number of sulfonamides is 1. The maximum atomic E-state index is 13.2. The highest BCUT2D eigenvalue weighted by Crippen LogP contribution is 2.37. The fourth-order valence-corrected chi connectivity index (χ4v) is 7.44. The fraction of sp³-hybridized carbons (Fsp3) is 0.455. The minimum Gasteiger partial charge on any atom is -0.384 e. The Morgan fingerprint density at radius 3 is 2.61 bits per heavy atom. The van der Waals surface area contributed by atoms with Crippen molar-refractivity contribution in [3.8, 4) is 0 Å². The smallest absolute Gasteiger partial charge is 0.261 e. The first-order valence-electron chi connectivity index (χ1n) is 15.6. The number of benzene rings is 2. The topological polar surface area (TPSA) is 121 Å². The van der Waals surface area contributed by atoms with Gasteiger partial charge >= 0.3 is 0 Å². The zero-order chi connectivity index (χ0) is 30.9. The molecule has 5 rings (SSSR count). The first-order chi connectivity index (χ1) is 21.3. The fourth-order valence-electron chi connectivity index (χ4n) is 5.43. The van der Waals surface area contributed by atoms with Crippen molar-refractivity contribution >= 4 is 37.9 Å². The molecule has 2 aromatic heterocycles. The van der Waals surface area contributed by atoms with Crippen LogP contribution in [0, 0.1) is 6.92 Å². The van der Waals surface area contributed by atoms with E-state index in [2.05, 4.69) is 32.4 Å². The number of unbranched alkanes of at least 4 members (excludes halogenated alkanes) is 5. The summed E-state index contributed by atoms with van der Waals surface area (Å²) in [5, 5.41) is 20.3. The summed E-state index contributed by atoms with van der Waals surface area (Å²) in [7, 11) is -3.74. The normalized spacial score (nSPS) is 13.8. The van der Waals surface area contributed by atoms with Crippen LogP contribution in [0.15, 0.2) is 63.3 Å². The Morgan fingerprint density at radius 1 is 1.05 bits per heavy atom. The van der Waals surface area contributed by atoms with Gasteiger partial charge in [0, 0.05) is 35.9 Å². The van der Waals surface area contributed by atoms with Gasteiger partial charge in [0.05, 0.1) is 16.3 Å². The molecule has 2 aromatic carbocycles. The second-order valence-corrected chi connectivity index (χ2v) is 14.0. The number of nitrogens with zero attached hydrogens (tertiary/aromatic N) is 3. The van der Waals surface area contributed by atoms with E-state index in [-0.39, 0.29) is 4.90 Å². The monoisotopic (exact) mass is 637 g/mol. The summed E-state index contributed by atoms with van der Waals surface area (Å²) in [5.74, 6) is 0.444. The van der Waals surface area contributed by atoms with Crippen LogP contribution >= 0.6 is 11.3 Å². The number of hydrogen-bond acceptors (Lipinski definition) is 9. The minimum absolute atomic E-state index is 0.259. The van der Waals surface area contributed by atoms with Gasteiger partial charge in [0.15, 0.2) is 10.9 Å². The molecule has 0 spiro atoms. The summed E-state index contributed by atoms with van der Waals surface area (Å²) in [5.41, 5.74) is 5.51. The molecule has 0 radical (unpaired) electrons. The highest BCUT2D eigenvalue weighted by molar-refractivity contribution is 7.92. The molecular weight excluding hydrogens is 595 g/mol. The molecule has 0 bridgehead atoms. The number of nitrogens with one attached hydrogen (secondary N) is 2. The lowest BCUT2D eigenvalue weighted by Gasteiger charge is -2.16. The number of aryl methyl sites for hydroxylation is 2. The van der Waals surface area contributed by atoms with Gasteiger partial charge < -0.3 is 19.8 Å². The second-order valence-electron chi connectivity index (χ2n) is 11.5. The third-order valence-corrected chi connectivity index (χ3v) is 10.2. The van der Waals surface area contributed by atoms with Gasteiger partial charge in [-0.1, -0.05) is 56.3 Å². The molecule has 1 unspecified atom stereocenters. The van der Waals surface area contributed by atoms with E-state index in [4.69, 9.17) is 9.51 Å². The maximum absolute atomic E-state index is 13.2. The van der Waals surface area contributed by atoms with E-state index in [0.717, 1.165) is 59.1 Å². The van der Waals surface area contributed by atoms with Crippen LogP contribution in [0.5, 0.6) is 0 Å². The largest absolute Gasteiger partial charge is 0.384 e. The van der Waals surface area contributed by atoms with E-state index in [0.29, 0.717) is 24.5 Å². The predicted molar refractivity (Wildman–Crippen MR) is 176 cm³/mol. The number of fused-ring (bicyclic) bond motifs is 1. The van der Waals surface area contributed by atoms with Gasteiger partial charge in [0.1, 0.15) is 6.10 Å². The Hall–Kier alpha value is -3.25. The summed E-state index contributed by atoms with van der Waals surface area (Å²) in [6.45, 7) is 5.86. The van der Waals surface area contributed by atoms with E-state index < -0.39 is 16.1 Å². The molecule has 9 nitrogen and oxygen atoms in total. The Bertz CT molecular complexity index is 1600. The van der Waals surface area contributed by atoms with Crippen LogP contribution in [0.3, 0.4) is 0 Å². The summed E-state index contributed by atoms with van der Waals surface area (Å²) >= 11 is 1.67. The first-order valence-corrected chi connectivity index (χ1v) is 18.0. The van der Waals surface area contributed by atoms with Crippen molar-refractivity contribution in [2.45, 2.75) is 82.6 Å². The Labute approximate surface area is 264 Å². The summed E-state index contributed by atoms with van der Waals surface area (Å²) in [4.78, 5) is 7.36. The van der Waals surface area contributed by atoms with E-state index in [1.165, 1.54) is 38.5 Å². The van der Waals surface area contributed by atoms with Crippen molar-refractivity contribution in [1.29, 1.82) is 0 Å². The van der Waals surface area contributed by atoms with E-state index >= 15 is 0 Å². The molecule has 11 heteroatoms. The molecule has 0 fully saturated rings. The van der Waals surface area contributed by atoms with Gasteiger partial charge in [-0.25, -0.2) is 13.4 Å². The van der Waals surface area contributed by atoms with Crippen LogP contribution in [0.1, 0.15) is 79.8 Å². The number of aliphatic hydroxyl groups excluding tert-OH is 1. The molecule has 236 valence electrons. The van der Waals surface area contributed by atoms with Crippen molar-refractivity contribution in [3.63, 3.8) is 0 Å². The van der Waals surface area contributed by atoms with Crippen LogP contribution < -0.4 is 14.9 Å². The van der Waals surface area contributed by atoms with Crippen LogP contribution in [-0.4, -0.2) is 43.3 Å². The van der Waals surface area contributed by atoms with Crippen LogP contribution in [0.25, 0.3) is 0 Å². The van der Waals surface area contributed by atoms with Gasteiger partial charge in [-0.05, 0) is 80.6 Å². The lowest BCUT2D eigenvalue weighted by molar-refractivity contribution is 0.138. The van der Waals surface area contributed by atoms with Crippen molar-refractivity contribution in [1.82, 2.24) is 15.5 Å². The average Bonchev–Trinajstić information content (AvgIpc) is 3.77. The van der Waals surface area contributed by atoms with Gasteiger partial charge in [-0.15, -0.1) is 11.3 Å². The summed E-state index contributed by atoms with van der Waals surface area (Å²) in [6, 6.07) is 14.5. The molecule has 0 aliphatic carbocycles. The van der Waals surface area contributed by atoms with Crippen LogP contribution in [0.4, 0.5) is 16.5 Å². The zero-order valence-corrected chi connectivity index (χ0v) is 27.2. The van der Waals surface area contributed by atoms with Gasteiger partial charge in [0.25, 0.3) is 10.0 Å². The number of thiazole rings is 1. The third-order valence-electron chi connectivity index (χ3n) is 7.92. The first kappa shape index (κ1) is 32.2. The van der Waals surface area contributed by atoms with Crippen molar-refractivity contribution in [3.05, 3.63) is 82.2 Å². The van der Waals surface area contributed by atoms with E-state index in [9.17, 15) is 13.5 Å². The highest BCUT2D eigenvalue weighted by atomic mass is 32.2. The van der Waals surface area contributed by atoms with E-state index in [1.54, 1.807) is 41.7 Å². The Kier molecular flexibility index (Phi) is 11.1. The zero-order valence-electron chi connectivity index (χ0n) is 25.6. The number of hydrogen-bond donors (Lipinski definition) is 3. The predicted octanol–water partition coefficient (Wildman–Crippen LogP) is 6.70. The molecule has 0 amide bonds. The lowest BCUT2D eigenvalue weighted by atomic mass is 10.1. The lowest BCUT2D eigenvalue weighted by Crippen LogP contribution is -2.23. The number of rotatable bonds is 17. The van der Waals surface area contributed by atoms with Crippen LogP contribution in [-0.2, 0) is 29.3 Å². The molecule has 4 aromatic rings. The average molecular weight is 638 g/mol. The third kappa shape index (κ3) is 8.47. The summed E-state index contributed by atoms with van der Waals surface area (Å²) in [6.07, 6.45) is 9.41. The van der Waals surface area contributed by atoms with E-state index in [1.807, 2.05) is 25.1 Å². The number of anilines is 3. The molecule has 1 aliphatic rings. The van der Waals surface area contributed by atoms with Crippen molar-refractivity contribution < 1.29 is 18.0 Å². The molecule has 1 aliphatic heterocycles. The quantitative estimate of drug-likeness (QED) is 0.109. The molecule has 3 N–H and O–H groups in total. The standard InChI is InChI=1S/C33H43N5O4S2/c1-3-4-5-6-7-8-9-28-23-43-33(35-28)38-19-17-26-21-29(14-15-30(26)38)44(40,41)37-27-12-10-25(11-13-27)16-18-34-22-31(39)32-20-24(2)36-42-32/h10-15,20-21,23,31,34,37,39H,3-9,16-19,22H2,1-2H3. The Balaban J connectivity index is 1.11. The number of aliphatic hydroxyl groups is 1. The van der Waals surface area contributed by atoms with Gasteiger partial charge in [-0.3, -0.25) is 4.72 Å². The highest BCUT2D eigenvalue weighted by Gasteiger charge is 2.25. The molecule has 3 heterocycles. The molecule has 0 saturated heterocycles. The van der Waals surface area contributed by atoms with Crippen molar-refractivity contribution in [2.24, 2.45) is 0 Å². The summed E-state index contributed by atoms with van der Waals surface area (Å²) < 4.78 is 34.3. The van der Waals surface area contributed by atoms with Gasteiger partial charge in [0.2, 0.25) is 0 Å². The molecule has 0 saturated carbocycles. The molecule has 44 heavy (non-hydrogen) atoms. The van der Waals surface area contributed by atoms with Gasteiger partial charge in [-0.2, -0.15) is 0 Å². The molecular formula is C33H43N5O4S2. The minimum atomic E-state index is -3.74. The molecule has 1 atom stereocenters. The number of aromatic nitrogens is 2.